The molecular weight excluding hydrogens is 339 g/mol. The molecule has 0 atom stereocenters. The number of likely N-dealkylation sites (tertiary alicyclic amines) is 1. The largest absolute Gasteiger partial charge is 0.618 e. The Balaban J connectivity index is 1.45. The predicted molar refractivity (Wildman–Crippen MR) is 95.5 cm³/mol. The third-order valence-corrected chi connectivity index (χ3v) is 5.52. The normalized spacial score (nSPS) is 15.3. The SMILES string of the molecule is O=C(CSc1cccc[n+]1[O-])N1CCC(Cc2cccc(F)c2)CC1. The molecule has 0 bridgehead atoms. The van der Waals surface area contributed by atoms with Crippen LogP contribution in [0.25, 0.3) is 0 Å². The Morgan fingerprint density at radius 3 is 2.76 bits per heavy atom. The van der Waals surface area contributed by atoms with E-state index in [1.54, 1.807) is 30.3 Å². The summed E-state index contributed by atoms with van der Waals surface area (Å²) >= 11 is 1.27. The van der Waals surface area contributed by atoms with Crippen molar-refractivity contribution in [3.63, 3.8) is 0 Å². The number of piperidine rings is 1. The zero-order valence-corrected chi connectivity index (χ0v) is 14.8. The maximum atomic E-state index is 13.3. The van der Waals surface area contributed by atoms with E-state index < -0.39 is 0 Å². The summed E-state index contributed by atoms with van der Waals surface area (Å²) < 4.78 is 14.0. The quantitative estimate of drug-likeness (QED) is 0.468. The van der Waals surface area contributed by atoms with Crippen molar-refractivity contribution in [2.75, 3.05) is 18.8 Å². The number of aromatic nitrogens is 1. The number of thioether (sulfide) groups is 1. The lowest BCUT2D eigenvalue weighted by molar-refractivity contribution is -0.645. The molecule has 0 radical (unpaired) electrons. The second-order valence-electron chi connectivity index (χ2n) is 6.31. The maximum Gasteiger partial charge on any atom is 0.251 e. The zero-order valence-electron chi connectivity index (χ0n) is 13.9. The number of nitrogens with zero attached hydrogens (tertiary/aromatic N) is 2. The molecule has 1 amide bonds. The highest BCUT2D eigenvalue weighted by Crippen LogP contribution is 2.23. The molecule has 1 aliphatic heterocycles. The van der Waals surface area contributed by atoms with Crippen LogP contribution < -0.4 is 4.73 Å². The summed E-state index contributed by atoms with van der Waals surface area (Å²) in [6.45, 7) is 1.46. The molecule has 1 saturated heterocycles. The van der Waals surface area contributed by atoms with Gasteiger partial charge in [-0.3, -0.25) is 4.79 Å². The van der Waals surface area contributed by atoms with Crippen LogP contribution in [0, 0.1) is 16.9 Å². The van der Waals surface area contributed by atoms with E-state index in [4.69, 9.17) is 0 Å². The van der Waals surface area contributed by atoms with Gasteiger partial charge in [0.2, 0.25) is 5.91 Å². The second kappa shape index (κ2) is 8.34. The van der Waals surface area contributed by atoms with Gasteiger partial charge < -0.3 is 10.1 Å². The highest BCUT2D eigenvalue weighted by molar-refractivity contribution is 7.99. The van der Waals surface area contributed by atoms with Gasteiger partial charge in [0.25, 0.3) is 5.03 Å². The summed E-state index contributed by atoms with van der Waals surface area (Å²) in [7, 11) is 0. The number of amides is 1. The van der Waals surface area contributed by atoms with Gasteiger partial charge in [0.1, 0.15) is 5.82 Å². The van der Waals surface area contributed by atoms with Crippen LogP contribution in [0.5, 0.6) is 0 Å². The van der Waals surface area contributed by atoms with Crippen molar-refractivity contribution in [1.82, 2.24) is 4.90 Å². The van der Waals surface area contributed by atoms with E-state index in [-0.39, 0.29) is 17.5 Å². The van der Waals surface area contributed by atoms with E-state index in [0.717, 1.165) is 42.6 Å². The fraction of sp³-hybridized carbons (Fsp3) is 0.368. The van der Waals surface area contributed by atoms with Crippen LogP contribution in [-0.2, 0) is 11.2 Å². The highest BCUT2D eigenvalue weighted by atomic mass is 32.2. The first-order valence-corrected chi connectivity index (χ1v) is 9.43. The van der Waals surface area contributed by atoms with E-state index in [2.05, 4.69) is 0 Å². The number of benzene rings is 1. The summed E-state index contributed by atoms with van der Waals surface area (Å²) in [5, 5.41) is 12.1. The summed E-state index contributed by atoms with van der Waals surface area (Å²) in [4.78, 5) is 14.2. The smallest absolute Gasteiger partial charge is 0.251 e. The van der Waals surface area contributed by atoms with E-state index in [1.165, 1.54) is 24.0 Å². The Morgan fingerprint density at radius 2 is 2.04 bits per heavy atom. The van der Waals surface area contributed by atoms with Gasteiger partial charge >= 0.3 is 0 Å². The predicted octanol–water partition coefficient (Wildman–Crippen LogP) is 3.03. The lowest BCUT2D eigenvalue weighted by Gasteiger charge is -2.32. The van der Waals surface area contributed by atoms with Gasteiger partial charge in [-0.25, -0.2) is 4.39 Å². The molecule has 0 spiro atoms. The number of halogens is 1. The molecule has 2 aromatic rings. The first kappa shape index (κ1) is 17.7. The van der Waals surface area contributed by atoms with Crippen molar-refractivity contribution in [3.05, 3.63) is 65.2 Å². The average molecular weight is 360 g/mol. The Bertz CT molecular complexity index is 733. The molecule has 0 unspecified atom stereocenters. The number of hydrogen-bond donors (Lipinski definition) is 0. The van der Waals surface area contributed by atoms with Crippen molar-refractivity contribution < 1.29 is 13.9 Å². The van der Waals surface area contributed by atoms with E-state index in [1.807, 2.05) is 11.0 Å². The Kier molecular flexibility index (Phi) is 5.91. The van der Waals surface area contributed by atoms with Gasteiger partial charge in [0.05, 0.1) is 5.75 Å². The van der Waals surface area contributed by atoms with Gasteiger partial charge in [0.15, 0.2) is 6.20 Å². The molecule has 6 heteroatoms. The minimum absolute atomic E-state index is 0.0676. The first-order chi connectivity index (χ1) is 12.1. The van der Waals surface area contributed by atoms with Crippen molar-refractivity contribution in [3.8, 4) is 0 Å². The molecule has 3 rings (SSSR count). The van der Waals surface area contributed by atoms with Gasteiger partial charge in [-0.2, -0.15) is 4.73 Å². The molecule has 0 saturated carbocycles. The molecule has 1 aliphatic rings. The fourth-order valence-electron chi connectivity index (χ4n) is 3.14. The Labute approximate surface area is 151 Å². The minimum Gasteiger partial charge on any atom is -0.618 e. The first-order valence-electron chi connectivity index (χ1n) is 8.45. The standard InChI is InChI=1S/C19H21FN2O2S/c20-17-5-3-4-16(13-17)12-15-7-10-21(11-8-15)18(23)14-25-19-6-1-2-9-22(19)24/h1-6,9,13,15H,7-8,10-12,14H2. The second-order valence-corrected chi connectivity index (χ2v) is 7.31. The van der Waals surface area contributed by atoms with E-state index in [0.29, 0.717) is 10.9 Å². The van der Waals surface area contributed by atoms with Crippen molar-refractivity contribution in [2.24, 2.45) is 5.92 Å². The van der Waals surface area contributed by atoms with Gasteiger partial charge in [-0.05, 0) is 60.7 Å². The van der Waals surface area contributed by atoms with Crippen LogP contribution in [0.15, 0.2) is 53.7 Å². The molecule has 1 fully saturated rings. The van der Waals surface area contributed by atoms with Crippen molar-refractivity contribution in [1.29, 1.82) is 0 Å². The fourth-order valence-corrected chi connectivity index (χ4v) is 3.95. The summed E-state index contributed by atoms with van der Waals surface area (Å²) in [5.41, 5.74) is 1.02. The van der Waals surface area contributed by atoms with Crippen LogP contribution in [0.2, 0.25) is 0 Å². The molecule has 1 aromatic heterocycles. The summed E-state index contributed by atoms with van der Waals surface area (Å²) in [5.74, 6) is 0.633. The maximum absolute atomic E-state index is 13.3. The van der Waals surface area contributed by atoms with Crippen LogP contribution >= 0.6 is 11.8 Å². The van der Waals surface area contributed by atoms with Crippen LogP contribution in [0.1, 0.15) is 18.4 Å². The molecular formula is C19H21FN2O2S. The minimum atomic E-state index is -0.196. The molecule has 0 aliphatic carbocycles. The monoisotopic (exact) mass is 360 g/mol. The van der Waals surface area contributed by atoms with E-state index in [9.17, 15) is 14.4 Å². The Hall–Kier alpha value is -2.08. The van der Waals surface area contributed by atoms with Gasteiger partial charge in [-0.15, -0.1) is 0 Å². The van der Waals surface area contributed by atoms with E-state index >= 15 is 0 Å². The molecule has 1 aromatic carbocycles. The van der Waals surface area contributed by atoms with Gasteiger partial charge in [0, 0.05) is 25.2 Å². The topological polar surface area (TPSA) is 47.2 Å². The van der Waals surface area contributed by atoms with Crippen LogP contribution in [0.3, 0.4) is 0 Å². The van der Waals surface area contributed by atoms with Gasteiger partial charge in [-0.1, -0.05) is 12.1 Å². The van der Waals surface area contributed by atoms with Crippen LogP contribution in [-0.4, -0.2) is 29.6 Å². The molecule has 0 N–H and O–H groups in total. The zero-order chi connectivity index (χ0) is 17.6. The molecule has 2 heterocycles. The molecule has 25 heavy (non-hydrogen) atoms. The highest BCUT2D eigenvalue weighted by Gasteiger charge is 2.23. The van der Waals surface area contributed by atoms with Crippen LogP contribution in [0.4, 0.5) is 4.39 Å². The Morgan fingerprint density at radius 1 is 1.24 bits per heavy atom. The van der Waals surface area contributed by atoms with Crippen molar-refractivity contribution >= 4 is 17.7 Å². The molecule has 4 nitrogen and oxygen atoms in total. The number of rotatable bonds is 5. The summed E-state index contributed by atoms with van der Waals surface area (Å²) in [6, 6.07) is 11.9. The third kappa shape index (κ3) is 4.95. The lowest BCUT2D eigenvalue weighted by Crippen LogP contribution is -2.40. The number of hydrogen-bond acceptors (Lipinski definition) is 3. The lowest BCUT2D eigenvalue weighted by atomic mass is 9.90. The average Bonchev–Trinajstić information content (AvgIpc) is 2.61. The number of pyridine rings is 1. The third-order valence-electron chi connectivity index (χ3n) is 4.51. The molecule has 132 valence electrons. The number of carbonyl (C=O) groups is 1. The van der Waals surface area contributed by atoms with Crippen molar-refractivity contribution in [2.45, 2.75) is 24.3 Å². The number of carbonyl (C=O) groups excluding carboxylic acids is 1. The summed E-state index contributed by atoms with van der Waals surface area (Å²) in [6.07, 6.45) is 4.15.